The van der Waals surface area contributed by atoms with Gasteiger partial charge in [0.1, 0.15) is 28.8 Å². The summed E-state index contributed by atoms with van der Waals surface area (Å²) in [7, 11) is 0. The van der Waals surface area contributed by atoms with Crippen LogP contribution in [0, 0.1) is 18.6 Å². The van der Waals surface area contributed by atoms with Gasteiger partial charge in [-0.25, -0.2) is 13.6 Å². The second-order valence-electron chi connectivity index (χ2n) is 7.96. The molecule has 0 saturated heterocycles. The van der Waals surface area contributed by atoms with Crippen LogP contribution in [0.4, 0.5) is 18.6 Å². The van der Waals surface area contributed by atoms with Crippen molar-refractivity contribution in [1.29, 1.82) is 0 Å². The summed E-state index contributed by atoms with van der Waals surface area (Å²) in [6.07, 6.45) is 0.706. The van der Waals surface area contributed by atoms with Crippen LogP contribution in [0.1, 0.15) is 48.7 Å². The summed E-state index contributed by atoms with van der Waals surface area (Å²) in [5, 5.41) is 8.55. The number of ether oxygens (including phenoxy) is 1. The minimum absolute atomic E-state index is 0.0118. The summed E-state index contributed by atoms with van der Waals surface area (Å²) in [5.74, 6) is -2.64. The van der Waals surface area contributed by atoms with Crippen molar-refractivity contribution >= 4 is 28.5 Å². The number of halogens is 2. The topological polar surface area (TPSA) is 118 Å². The molecule has 0 aliphatic carbocycles. The van der Waals surface area contributed by atoms with Crippen LogP contribution in [0.5, 0.6) is 5.88 Å². The third-order valence-electron chi connectivity index (χ3n) is 4.07. The smallest absolute Gasteiger partial charge is 0.319 e. The van der Waals surface area contributed by atoms with Crippen LogP contribution in [0.2, 0.25) is 0 Å². The summed E-state index contributed by atoms with van der Waals surface area (Å²) < 4.78 is 37.3. The van der Waals surface area contributed by atoms with E-state index in [-0.39, 0.29) is 27.5 Å². The van der Waals surface area contributed by atoms with Crippen LogP contribution in [0.3, 0.4) is 0 Å². The highest BCUT2D eigenvalue weighted by Crippen LogP contribution is 2.31. The largest absolute Gasteiger partial charge is 0.471 e. The molecule has 0 saturated carbocycles. The van der Waals surface area contributed by atoms with Gasteiger partial charge in [-0.1, -0.05) is 0 Å². The Kier molecular flexibility index (Phi) is 8.28. The first-order valence-corrected chi connectivity index (χ1v) is 10.4. The number of primary amides is 1. The second kappa shape index (κ2) is 10.5. The van der Waals surface area contributed by atoms with Gasteiger partial charge in [-0.2, -0.15) is 4.37 Å². The molecule has 11 heteroatoms. The number of nitrogens with two attached hydrogens (primary N) is 1. The Bertz CT molecular complexity index is 920. The van der Waals surface area contributed by atoms with Gasteiger partial charge in [0, 0.05) is 12.1 Å². The highest BCUT2D eigenvalue weighted by molar-refractivity contribution is 7.11. The fourth-order valence-corrected chi connectivity index (χ4v) is 3.32. The Hall–Kier alpha value is -2.79. The fourth-order valence-electron chi connectivity index (χ4n) is 2.59. The first-order valence-electron chi connectivity index (χ1n) is 9.64. The predicted molar refractivity (Wildman–Crippen MR) is 115 cm³/mol. The third kappa shape index (κ3) is 7.44. The number of aryl methyl sites for hydroxylation is 1. The van der Waals surface area contributed by atoms with E-state index >= 15 is 0 Å². The van der Waals surface area contributed by atoms with Gasteiger partial charge >= 0.3 is 6.03 Å². The molecule has 0 atom stereocenters. The number of carbonyl (C=O) groups is 2. The molecule has 3 amide bonds. The number of aromatic nitrogens is 1. The molecule has 1 aromatic heterocycles. The molecule has 2 aromatic rings. The van der Waals surface area contributed by atoms with Crippen molar-refractivity contribution in [3.63, 3.8) is 0 Å². The number of amides is 3. The zero-order valence-corrected chi connectivity index (χ0v) is 18.7. The van der Waals surface area contributed by atoms with Crippen LogP contribution < -0.4 is 26.4 Å². The number of rotatable bonds is 9. The molecule has 0 unspecified atom stereocenters. The minimum atomic E-state index is -0.890. The molecule has 1 heterocycles. The quantitative estimate of drug-likeness (QED) is 0.433. The molecule has 5 N–H and O–H groups in total. The van der Waals surface area contributed by atoms with E-state index in [4.69, 9.17) is 10.5 Å². The van der Waals surface area contributed by atoms with Gasteiger partial charge in [0.15, 0.2) is 0 Å². The van der Waals surface area contributed by atoms with E-state index in [0.717, 1.165) is 18.1 Å². The molecule has 0 aliphatic rings. The van der Waals surface area contributed by atoms with Gasteiger partial charge in [0.25, 0.3) is 5.91 Å². The number of anilines is 1. The zero-order chi connectivity index (χ0) is 23.2. The van der Waals surface area contributed by atoms with Crippen molar-refractivity contribution in [2.24, 2.45) is 5.73 Å². The van der Waals surface area contributed by atoms with Crippen molar-refractivity contribution in [2.45, 2.75) is 46.3 Å². The summed E-state index contributed by atoms with van der Waals surface area (Å²) in [6.45, 7) is 8.34. The lowest BCUT2D eigenvalue weighted by Crippen LogP contribution is -2.38. The first-order chi connectivity index (χ1) is 14.5. The number of carbonyl (C=O) groups excluding carboxylic acids is 2. The van der Waals surface area contributed by atoms with Gasteiger partial charge in [-0.15, -0.1) is 0 Å². The average Bonchev–Trinajstić information content (AvgIpc) is 3.02. The Labute approximate surface area is 183 Å². The van der Waals surface area contributed by atoms with E-state index in [1.807, 2.05) is 20.8 Å². The zero-order valence-electron chi connectivity index (χ0n) is 17.9. The summed E-state index contributed by atoms with van der Waals surface area (Å²) in [4.78, 5) is 24.0. The molecule has 0 bridgehead atoms. The Balaban J connectivity index is 1.97. The number of nitrogens with zero attached hydrogens (tertiary/aromatic N) is 1. The minimum Gasteiger partial charge on any atom is -0.471 e. The Morgan fingerprint density at radius 2 is 1.84 bits per heavy atom. The van der Waals surface area contributed by atoms with Crippen molar-refractivity contribution in [2.75, 3.05) is 18.4 Å². The maximum Gasteiger partial charge on any atom is 0.319 e. The second-order valence-corrected chi connectivity index (χ2v) is 8.74. The van der Waals surface area contributed by atoms with Crippen LogP contribution in [0.25, 0.3) is 0 Å². The number of nitrogens with one attached hydrogen (secondary N) is 3. The van der Waals surface area contributed by atoms with E-state index < -0.39 is 30.2 Å². The normalized spacial score (nSPS) is 11.3. The monoisotopic (exact) mass is 455 g/mol. The molecule has 8 nitrogen and oxygen atoms in total. The SMILES string of the molecule is Cc1cc(F)c(COc2nsc(NC(=O)NCCCNC(C)(C)C)c2C(N)=O)c(F)c1. The fraction of sp³-hybridized carbons (Fsp3) is 0.450. The highest BCUT2D eigenvalue weighted by atomic mass is 32.1. The van der Waals surface area contributed by atoms with Crippen LogP contribution in [-0.4, -0.2) is 34.9 Å². The van der Waals surface area contributed by atoms with E-state index in [1.54, 1.807) is 6.92 Å². The van der Waals surface area contributed by atoms with E-state index in [2.05, 4.69) is 20.3 Å². The number of benzene rings is 1. The van der Waals surface area contributed by atoms with Gasteiger partial charge in [-0.3, -0.25) is 10.1 Å². The van der Waals surface area contributed by atoms with Gasteiger partial charge in [-0.05, 0) is 69.9 Å². The molecule has 0 radical (unpaired) electrons. The maximum atomic E-state index is 14.0. The maximum absolute atomic E-state index is 14.0. The number of urea groups is 1. The van der Waals surface area contributed by atoms with Gasteiger partial charge < -0.3 is 21.1 Å². The van der Waals surface area contributed by atoms with E-state index in [9.17, 15) is 18.4 Å². The molecule has 170 valence electrons. The predicted octanol–water partition coefficient (Wildman–Crippen LogP) is 3.31. The number of hydrogen-bond donors (Lipinski definition) is 4. The Morgan fingerprint density at radius 1 is 1.19 bits per heavy atom. The summed E-state index contributed by atoms with van der Waals surface area (Å²) in [5.41, 5.74) is 5.33. The van der Waals surface area contributed by atoms with Gasteiger partial charge in [0.05, 0.1) is 5.56 Å². The average molecular weight is 456 g/mol. The highest BCUT2D eigenvalue weighted by Gasteiger charge is 2.23. The molecule has 31 heavy (non-hydrogen) atoms. The lowest BCUT2D eigenvalue weighted by molar-refractivity contribution is 0.0996. The van der Waals surface area contributed by atoms with E-state index in [0.29, 0.717) is 18.5 Å². The molecular formula is C20H27F2N5O3S. The summed E-state index contributed by atoms with van der Waals surface area (Å²) in [6, 6.07) is 1.81. The van der Waals surface area contributed by atoms with Crippen molar-refractivity contribution in [3.8, 4) is 5.88 Å². The first kappa shape index (κ1) is 24.5. The van der Waals surface area contributed by atoms with Crippen molar-refractivity contribution in [3.05, 3.63) is 40.5 Å². The third-order valence-corrected chi connectivity index (χ3v) is 4.81. The van der Waals surface area contributed by atoms with Crippen LogP contribution in [0.15, 0.2) is 12.1 Å². The van der Waals surface area contributed by atoms with Gasteiger partial charge in [0.2, 0.25) is 5.88 Å². The van der Waals surface area contributed by atoms with Crippen molar-refractivity contribution in [1.82, 2.24) is 15.0 Å². The molecular weight excluding hydrogens is 428 g/mol. The molecule has 1 aromatic carbocycles. The van der Waals surface area contributed by atoms with E-state index in [1.165, 1.54) is 12.1 Å². The molecule has 0 aliphatic heterocycles. The summed E-state index contributed by atoms with van der Waals surface area (Å²) >= 11 is 0.778. The molecule has 0 fully saturated rings. The standard InChI is InChI=1S/C20H27F2N5O3S/c1-11-8-13(21)12(14(22)9-11)10-30-17-15(16(23)28)18(31-27-17)26-19(29)24-6-5-7-25-20(2,3)4/h8-9,25H,5-7,10H2,1-4H3,(H2,23,28)(H2,24,26,29). The van der Waals surface area contributed by atoms with Crippen LogP contribution in [-0.2, 0) is 6.61 Å². The Morgan fingerprint density at radius 3 is 2.42 bits per heavy atom. The number of hydrogen-bond acceptors (Lipinski definition) is 6. The lowest BCUT2D eigenvalue weighted by atomic mass is 10.1. The molecule has 0 spiro atoms. The van der Waals surface area contributed by atoms with Crippen LogP contribution >= 0.6 is 11.5 Å². The van der Waals surface area contributed by atoms with Crippen molar-refractivity contribution < 1.29 is 23.1 Å². The lowest BCUT2D eigenvalue weighted by Gasteiger charge is -2.20. The molecule has 2 rings (SSSR count).